The van der Waals surface area contributed by atoms with Crippen LogP contribution in [0.25, 0.3) is 0 Å². The lowest BCUT2D eigenvalue weighted by molar-refractivity contribution is 0.170. The molecule has 3 nitrogen and oxygen atoms in total. The summed E-state index contributed by atoms with van der Waals surface area (Å²) in [6, 6.07) is 4.29. The molecule has 0 amide bonds. The molecule has 1 aliphatic rings. The van der Waals surface area contributed by atoms with E-state index in [0.717, 1.165) is 0 Å². The highest BCUT2D eigenvalue weighted by atomic mass is 19.1. The van der Waals surface area contributed by atoms with Crippen molar-refractivity contribution >= 4 is 0 Å². The highest BCUT2D eigenvalue weighted by Gasteiger charge is 2.23. The molecule has 0 radical (unpaired) electrons. The zero-order chi connectivity index (χ0) is 12.3. The van der Waals surface area contributed by atoms with Crippen LogP contribution in [0.4, 0.5) is 4.39 Å². The monoisotopic (exact) mass is 239 g/mol. The first kappa shape index (κ1) is 12.3. The Balaban J connectivity index is 2.10. The lowest BCUT2D eigenvalue weighted by Gasteiger charge is -2.16. The predicted molar refractivity (Wildman–Crippen MR) is 63.5 cm³/mol. The normalized spacial score (nSPS) is 16.9. The van der Waals surface area contributed by atoms with Crippen molar-refractivity contribution in [2.45, 2.75) is 18.9 Å². The molecular formula is C13H18FNO2. The van der Waals surface area contributed by atoms with Gasteiger partial charge in [0.1, 0.15) is 11.6 Å². The van der Waals surface area contributed by atoms with Crippen molar-refractivity contribution in [1.29, 1.82) is 0 Å². The van der Waals surface area contributed by atoms with Gasteiger partial charge in [-0.3, -0.25) is 0 Å². The van der Waals surface area contributed by atoms with Gasteiger partial charge in [0.05, 0.1) is 12.7 Å². The Kier molecular flexibility index (Phi) is 3.97. The van der Waals surface area contributed by atoms with Crippen LogP contribution >= 0.6 is 0 Å². The van der Waals surface area contributed by atoms with Crippen LogP contribution in [0.2, 0.25) is 0 Å². The molecule has 0 bridgehead atoms. The Bertz CT molecular complexity index is 380. The van der Waals surface area contributed by atoms with Gasteiger partial charge in [-0.1, -0.05) is 0 Å². The summed E-state index contributed by atoms with van der Waals surface area (Å²) in [4.78, 5) is 0. The molecule has 2 N–H and O–H groups in total. The van der Waals surface area contributed by atoms with E-state index in [4.69, 9.17) is 4.74 Å². The third-order valence-electron chi connectivity index (χ3n) is 2.90. The maximum Gasteiger partial charge on any atom is 0.125 e. The van der Waals surface area contributed by atoms with Gasteiger partial charge in [0, 0.05) is 12.1 Å². The number of aliphatic hydroxyl groups excluding tert-OH is 1. The topological polar surface area (TPSA) is 41.5 Å². The number of halogens is 1. The highest BCUT2D eigenvalue weighted by molar-refractivity contribution is 5.36. The standard InChI is InChI=1S/C13H18FNO2/c1-15-7-12(16)11-6-10(14)4-5-13(11)17-8-9-2-3-9/h4-6,9,12,15-16H,2-3,7-8H2,1H3. The molecule has 0 heterocycles. The maximum absolute atomic E-state index is 13.2. The van der Waals surface area contributed by atoms with Gasteiger partial charge in [0.25, 0.3) is 0 Å². The van der Waals surface area contributed by atoms with Gasteiger partial charge in [-0.15, -0.1) is 0 Å². The van der Waals surface area contributed by atoms with Crippen molar-refractivity contribution in [3.05, 3.63) is 29.6 Å². The van der Waals surface area contributed by atoms with Crippen LogP contribution in [0.1, 0.15) is 24.5 Å². The van der Waals surface area contributed by atoms with Crippen LogP contribution < -0.4 is 10.1 Å². The first-order chi connectivity index (χ1) is 8.20. The van der Waals surface area contributed by atoms with Crippen LogP contribution in [0, 0.1) is 11.7 Å². The van der Waals surface area contributed by atoms with E-state index < -0.39 is 6.10 Å². The Morgan fingerprint density at radius 1 is 1.53 bits per heavy atom. The highest BCUT2D eigenvalue weighted by Crippen LogP contribution is 2.32. The Hall–Kier alpha value is -1.13. The lowest BCUT2D eigenvalue weighted by atomic mass is 10.1. The number of likely N-dealkylation sites (N-methyl/N-ethyl adjacent to an activating group) is 1. The summed E-state index contributed by atoms with van der Waals surface area (Å²) in [6.07, 6.45) is 1.66. The number of ether oxygens (including phenoxy) is 1. The van der Waals surface area contributed by atoms with Gasteiger partial charge < -0.3 is 15.2 Å². The van der Waals surface area contributed by atoms with Crippen molar-refractivity contribution in [2.75, 3.05) is 20.2 Å². The molecule has 2 rings (SSSR count). The summed E-state index contributed by atoms with van der Waals surface area (Å²) in [5, 5.41) is 12.8. The van der Waals surface area contributed by atoms with Crippen LogP contribution in [0.3, 0.4) is 0 Å². The lowest BCUT2D eigenvalue weighted by Crippen LogP contribution is -2.18. The minimum absolute atomic E-state index is 0.353. The molecule has 94 valence electrons. The third kappa shape index (κ3) is 3.41. The first-order valence-electron chi connectivity index (χ1n) is 5.95. The second-order valence-corrected chi connectivity index (χ2v) is 4.51. The van der Waals surface area contributed by atoms with E-state index in [0.29, 0.717) is 30.4 Å². The Morgan fingerprint density at radius 3 is 2.94 bits per heavy atom. The van der Waals surface area contributed by atoms with Gasteiger partial charge in [-0.05, 0) is 44.0 Å². The van der Waals surface area contributed by atoms with Crippen LogP contribution in [-0.4, -0.2) is 25.3 Å². The molecule has 0 aromatic heterocycles. The largest absolute Gasteiger partial charge is 0.493 e. The number of benzene rings is 1. The van der Waals surface area contributed by atoms with E-state index in [1.807, 2.05) is 0 Å². The molecule has 1 atom stereocenters. The van der Waals surface area contributed by atoms with E-state index in [1.165, 1.54) is 25.0 Å². The maximum atomic E-state index is 13.2. The number of hydrogen-bond acceptors (Lipinski definition) is 3. The van der Waals surface area contributed by atoms with E-state index in [2.05, 4.69) is 5.32 Å². The summed E-state index contributed by atoms with van der Waals surface area (Å²) < 4.78 is 18.8. The van der Waals surface area contributed by atoms with E-state index in [1.54, 1.807) is 13.1 Å². The number of nitrogens with one attached hydrogen (secondary N) is 1. The molecule has 1 saturated carbocycles. The minimum Gasteiger partial charge on any atom is -0.493 e. The molecule has 0 aliphatic heterocycles. The van der Waals surface area contributed by atoms with Crippen molar-refractivity contribution in [3.8, 4) is 5.75 Å². The van der Waals surface area contributed by atoms with E-state index in [9.17, 15) is 9.50 Å². The average Bonchev–Trinajstić information content (AvgIpc) is 3.11. The summed E-state index contributed by atoms with van der Waals surface area (Å²) in [6.45, 7) is 1.04. The molecule has 0 spiro atoms. The zero-order valence-electron chi connectivity index (χ0n) is 9.95. The molecule has 17 heavy (non-hydrogen) atoms. The zero-order valence-corrected chi connectivity index (χ0v) is 9.95. The SMILES string of the molecule is CNCC(O)c1cc(F)ccc1OCC1CC1. The molecule has 1 aromatic rings. The predicted octanol–water partition coefficient (Wildman–Crippen LogP) is 1.87. The summed E-state index contributed by atoms with van der Waals surface area (Å²) in [5.74, 6) is 0.865. The second kappa shape index (κ2) is 5.47. The van der Waals surface area contributed by atoms with Gasteiger partial charge in [-0.25, -0.2) is 4.39 Å². The van der Waals surface area contributed by atoms with Crippen molar-refractivity contribution in [2.24, 2.45) is 5.92 Å². The van der Waals surface area contributed by atoms with Crippen molar-refractivity contribution in [3.63, 3.8) is 0 Å². The van der Waals surface area contributed by atoms with Crippen molar-refractivity contribution in [1.82, 2.24) is 5.32 Å². The van der Waals surface area contributed by atoms with Gasteiger partial charge in [-0.2, -0.15) is 0 Å². The van der Waals surface area contributed by atoms with Gasteiger partial charge >= 0.3 is 0 Å². The summed E-state index contributed by atoms with van der Waals surface area (Å²) in [5.41, 5.74) is 0.514. The fraction of sp³-hybridized carbons (Fsp3) is 0.538. The first-order valence-corrected chi connectivity index (χ1v) is 5.95. The molecular weight excluding hydrogens is 221 g/mol. The number of rotatable bonds is 6. The average molecular weight is 239 g/mol. The fourth-order valence-electron chi connectivity index (χ4n) is 1.71. The van der Waals surface area contributed by atoms with Crippen molar-refractivity contribution < 1.29 is 14.2 Å². The van der Waals surface area contributed by atoms with E-state index in [-0.39, 0.29) is 5.82 Å². The molecule has 1 unspecified atom stereocenters. The van der Waals surface area contributed by atoms with Crippen LogP contribution in [0.15, 0.2) is 18.2 Å². The molecule has 4 heteroatoms. The van der Waals surface area contributed by atoms with Gasteiger partial charge in [0.15, 0.2) is 0 Å². The molecule has 1 aromatic carbocycles. The second-order valence-electron chi connectivity index (χ2n) is 4.51. The Labute approximate surface area is 101 Å². The number of aliphatic hydroxyl groups is 1. The van der Waals surface area contributed by atoms with Crippen LogP contribution in [0.5, 0.6) is 5.75 Å². The molecule has 0 saturated heterocycles. The Morgan fingerprint density at radius 2 is 2.29 bits per heavy atom. The molecule has 1 fully saturated rings. The summed E-state index contributed by atoms with van der Waals surface area (Å²) in [7, 11) is 1.74. The van der Waals surface area contributed by atoms with Gasteiger partial charge in [0.2, 0.25) is 0 Å². The summed E-state index contributed by atoms with van der Waals surface area (Å²) >= 11 is 0. The minimum atomic E-state index is -0.745. The quantitative estimate of drug-likeness (QED) is 0.796. The van der Waals surface area contributed by atoms with E-state index >= 15 is 0 Å². The third-order valence-corrected chi connectivity index (χ3v) is 2.90. The fourth-order valence-corrected chi connectivity index (χ4v) is 1.71. The number of hydrogen-bond donors (Lipinski definition) is 2. The van der Waals surface area contributed by atoms with Crippen LogP contribution in [-0.2, 0) is 0 Å². The smallest absolute Gasteiger partial charge is 0.125 e. The molecule has 1 aliphatic carbocycles.